The van der Waals surface area contributed by atoms with Gasteiger partial charge in [-0.05, 0) is 38.1 Å². The van der Waals surface area contributed by atoms with E-state index in [2.05, 4.69) is 10.1 Å². The molecule has 26 heavy (non-hydrogen) atoms. The molecule has 0 fully saturated rings. The van der Waals surface area contributed by atoms with E-state index >= 15 is 0 Å². The topological polar surface area (TPSA) is 69.5 Å². The standard InChI is InChI=1S/C19H20N4O3/c1-11-9-15(14-10-13(25-4)5-6-16(14)20-11)18(24)23-7-8-26-19-17(23)12(2)21-22(19)3/h5-6,9-10H,7-8H2,1-4H3. The van der Waals surface area contributed by atoms with Gasteiger partial charge in [0.25, 0.3) is 5.91 Å². The largest absolute Gasteiger partial charge is 0.497 e. The Labute approximate surface area is 151 Å². The highest BCUT2D eigenvalue weighted by Crippen LogP contribution is 2.36. The van der Waals surface area contributed by atoms with Crippen LogP contribution in [0, 0.1) is 13.8 Å². The number of hydrogen-bond donors (Lipinski definition) is 0. The number of nitrogens with zero attached hydrogens (tertiary/aromatic N) is 4. The van der Waals surface area contributed by atoms with E-state index in [0.29, 0.717) is 30.3 Å². The van der Waals surface area contributed by atoms with Crippen LogP contribution in [0.1, 0.15) is 21.7 Å². The lowest BCUT2D eigenvalue weighted by molar-refractivity contribution is 0.0976. The molecule has 0 atom stereocenters. The van der Waals surface area contributed by atoms with Crippen molar-refractivity contribution in [3.63, 3.8) is 0 Å². The Bertz CT molecular complexity index is 1030. The quantitative estimate of drug-likeness (QED) is 0.709. The van der Waals surface area contributed by atoms with Gasteiger partial charge in [-0.3, -0.25) is 14.7 Å². The van der Waals surface area contributed by atoms with E-state index in [1.165, 1.54) is 0 Å². The van der Waals surface area contributed by atoms with Gasteiger partial charge in [-0.15, -0.1) is 0 Å². The second-order valence-corrected chi connectivity index (χ2v) is 6.36. The molecule has 1 amide bonds. The first kappa shape index (κ1) is 16.4. The Morgan fingerprint density at radius 3 is 2.85 bits per heavy atom. The van der Waals surface area contributed by atoms with Crippen molar-refractivity contribution in [1.29, 1.82) is 0 Å². The van der Waals surface area contributed by atoms with Crippen LogP contribution < -0.4 is 14.4 Å². The predicted octanol–water partition coefficient (Wildman–Crippen LogP) is 2.63. The van der Waals surface area contributed by atoms with E-state index < -0.39 is 0 Å². The van der Waals surface area contributed by atoms with Crippen LogP contribution in [0.25, 0.3) is 10.9 Å². The van der Waals surface area contributed by atoms with Crippen LogP contribution in [0.5, 0.6) is 11.6 Å². The Morgan fingerprint density at radius 2 is 2.08 bits per heavy atom. The molecular weight excluding hydrogens is 332 g/mol. The van der Waals surface area contributed by atoms with Crippen LogP contribution in [-0.4, -0.2) is 40.9 Å². The number of fused-ring (bicyclic) bond motifs is 2. The summed E-state index contributed by atoms with van der Waals surface area (Å²) in [5, 5.41) is 5.16. The van der Waals surface area contributed by atoms with Gasteiger partial charge < -0.3 is 9.47 Å². The summed E-state index contributed by atoms with van der Waals surface area (Å²) in [6, 6.07) is 7.40. The van der Waals surface area contributed by atoms with Gasteiger partial charge in [0.1, 0.15) is 18.0 Å². The zero-order valence-corrected chi connectivity index (χ0v) is 15.2. The molecule has 0 N–H and O–H groups in total. The van der Waals surface area contributed by atoms with Crippen molar-refractivity contribution >= 4 is 22.5 Å². The molecule has 1 aromatic carbocycles. The first-order valence-corrected chi connectivity index (χ1v) is 8.43. The third kappa shape index (κ3) is 2.47. The fraction of sp³-hybridized carbons (Fsp3) is 0.316. The molecule has 0 unspecified atom stereocenters. The first-order chi connectivity index (χ1) is 12.5. The van der Waals surface area contributed by atoms with Crippen LogP contribution in [-0.2, 0) is 7.05 Å². The van der Waals surface area contributed by atoms with E-state index in [1.54, 1.807) is 16.7 Å². The maximum atomic E-state index is 13.5. The summed E-state index contributed by atoms with van der Waals surface area (Å²) in [6.07, 6.45) is 0. The van der Waals surface area contributed by atoms with Gasteiger partial charge in [-0.2, -0.15) is 5.10 Å². The highest BCUT2D eigenvalue weighted by atomic mass is 16.5. The van der Waals surface area contributed by atoms with E-state index in [0.717, 1.165) is 28.0 Å². The zero-order valence-electron chi connectivity index (χ0n) is 15.2. The second kappa shape index (κ2) is 6.01. The molecule has 0 saturated heterocycles. The number of aromatic nitrogens is 3. The number of ether oxygens (including phenoxy) is 2. The fourth-order valence-corrected chi connectivity index (χ4v) is 3.43. The number of hydrogen-bond acceptors (Lipinski definition) is 5. The monoisotopic (exact) mass is 352 g/mol. The summed E-state index contributed by atoms with van der Waals surface area (Å²) in [7, 11) is 3.42. The smallest absolute Gasteiger partial charge is 0.259 e. The Hall–Kier alpha value is -3.09. The average Bonchev–Trinajstić information content (AvgIpc) is 2.94. The minimum absolute atomic E-state index is 0.0885. The van der Waals surface area contributed by atoms with Gasteiger partial charge in [0.05, 0.1) is 30.4 Å². The van der Waals surface area contributed by atoms with Gasteiger partial charge in [0, 0.05) is 18.1 Å². The van der Waals surface area contributed by atoms with E-state index in [4.69, 9.17) is 9.47 Å². The minimum atomic E-state index is -0.0885. The molecule has 134 valence electrons. The molecule has 0 radical (unpaired) electrons. The number of methoxy groups -OCH3 is 1. The molecule has 2 aromatic heterocycles. The fourth-order valence-electron chi connectivity index (χ4n) is 3.43. The van der Waals surface area contributed by atoms with Crippen LogP contribution in [0.15, 0.2) is 24.3 Å². The van der Waals surface area contributed by atoms with Crippen molar-refractivity contribution < 1.29 is 14.3 Å². The summed E-state index contributed by atoms with van der Waals surface area (Å²) < 4.78 is 12.7. The van der Waals surface area contributed by atoms with Crippen molar-refractivity contribution in [2.45, 2.75) is 13.8 Å². The Morgan fingerprint density at radius 1 is 1.27 bits per heavy atom. The Balaban J connectivity index is 1.88. The maximum Gasteiger partial charge on any atom is 0.259 e. The molecule has 0 aliphatic carbocycles. The van der Waals surface area contributed by atoms with Crippen molar-refractivity contribution in [2.24, 2.45) is 7.05 Å². The molecule has 3 aromatic rings. The average molecular weight is 352 g/mol. The lowest BCUT2D eigenvalue weighted by Crippen LogP contribution is -2.38. The number of rotatable bonds is 2. The first-order valence-electron chi connectivity index (χ1n) is 8.43. The summed E-state index contributed by atoms with van der Waals surface area (Å²) in [5.74, 6) is 1.22. The zero-order chi connectivity index (χ0) is 18.4. The number of aryl methyl sites for hydroxylation is 3. The summed E-state index contributed by atoms with van der Waals surface area (Å²) >= 11 is 0. The van der Waals surface area contributed by atoms with Crippen LogP contribution in [0.4, 0.5) is 5.69 Å². The summed E-state index contributed by atoms with van der Waals surface area (Å²) in [6.45, 7) is 4.68. The van der Waals surface area contributed by atoms with Gasteiger partial charge in [0.15, 0.2) is 0 Å². The normalized spacial score (nSPS) is 13.5. The molecule has 1 aliphatic rings. The van der Waals surface area contributed by atoms with Crippen molar-refractivity contribution in [3.05, 3.63) is 41.2 Å². The molecule has 0 spiro atoms. The molecule has 0 bridgehead atoms. The van der Waals surface area contributed by atoms with Crippen LogP contribution in [0.2, 0.25) is 0 Å². The van der Waals surface area contributed by atoms with Crippen LogP contribution in [0.3, 0.4) is 0 Å². The van der Waals surface area contributed by atoms with Crippen LogP contribution >= 0.6 is 0 Å². The number of benzene rings is 1. The molecular formula is C19H20N4O3. The van der Waals surface area contributed by atoms with E-state index in [1.807, 2.05) is 45.2 Å². The minimum Gasteiger partial charge on any atom is -0.497 e. The third-order valence-electron chi connectivity index (χ3n) is 4.58. The maximum absolute atomic E-state index is 13.5. The molecule has 7 nitrogen and oxygen atoms in total. The highest BCUT2D eigenvalue weighted by Gasteiger charge is 2.31. The SMILES string of the molecule is COc1ccc2nc(C)cc(C(=O)N3CCOc4c3c(C)nn4C)c2c1. The van der Waals surface area contributed by atoms with Gasteiger partial charge >= 0.3 is 0 Å². The predicted molar refractivity (Wildman–Crippen MR) is 98.1 cm³/mol. The van der Waals surface area contributed by atoms with E-state index in [-0.39, 0.29) is 5.91 Å². The number of carbonyl (C=O) groups excluding carboxylic acids is 1. The third-order valence-corrected chi connectivity index (χ3v) is 4.58. The lowest BCUT2D eigenvalue weighted by Gasteiger charge is -2.28. The number of anilines is 1. The number of pyridine rings is 1. The molecule has 0 saturated carbocycles. The van der Waals surface area contributed by atoms with Crippen molar-refractivity contribution in [1.82, 2.24) is 14.8 Å². The van der Waals surface area contributed by atoms with Gasteiger partial charge in [0.2, 0.25) is 5.88 Å². The molecule has 3 heterocycles. The van der Waals surface area contributed by atoms with Crippen molar-refractivity contribution in [2.75, 3.05) is 25.2 Å². The molecule has 1 aliphatic heterocycles. The lowest BCUT2D eigenvalue weighted by atomic mass is 10.1. The van der Waals surface area contributed by atoms with Crippen molar-refractivity contribution in [3.8, 4) is 11.6 Å². The van der Waals surface area contributed by atoms with Gasteiger partial charge in [-0.25, -0.2) is 4.68 Å². The summed E-state index contributed by atoms with van der Waals surface area (Å²) in [4.78, 5) is 19.7. The van der Waals surface area contributed by atoms with Gasteiger partial charge in [-0.1, -0.05) is 0 Å². The Kier molecular flexibility index (Phi) is 3.79. The molecule has 7 heteroatoms. The summed E-state index contributed by atoms with van der Waals surface area (Å²) in [5.41, 5.74) is 3.66. The highest BCUT2D eigenvalue weighted by molar-refractivity contribution is 6.14. The molecule has 4 rings (SSSR count). The van der Waals surface area contributed by atoms with E-state index in [9.17, 15) is 4.79 Å². The number of carbonyl (C=O) groups is 1. The second-order valence-electron chi connectivity index (χ2n) is 6.36. The number of amides is 1.